The Morgan fingerprint density at radius 3 is 2.70 bits per heavy atom. The minimum absolute atomic E-state index is 0.161. The first-order chi connectivity index (χ1) is 9.81. The van der Waals surface area contributed by atoms with Crippen molar-refractivity contribution in [3.8, 4) is 0 Å². The molecule has 3 heteroatoms. The second-order valence-corrected chi connectivity index (χ2v) is 5.04. The van der Waals surface area contributed by atoms with Crippen LogP contribution in [0.25, 0.3) is 10.9 Å². The molecule has 1 heterocycles. The van der Waals surface area contributed by atoms with Gasteiger partial charge in [-0.3, -0.25) is 4.98 Å². The van der Waals surface area contributed by atoms with E-state index in [0.29, 0.717) is 0 Å². The number of nitrogens with zero attached hydrogens (tertiary/aromatic N) is 1. The van der Waals surface area contributed by atoms with Crippen LogP contribution in [0.4, 0.5) is 0 Å². The first kappa shape index (κ1) is 14.9. The van der Waals surface area contributed by atoms with Crippen molar-refractivity contribution in [3.05, 3.63) is 42.1 Å². The van der Waals surface area contributed by atoms with Gasteiger partial charge in [-0.05, 0) is 31.0 Å². The maximum atomic E-state index is 5.67. The average Bonchev–Trinajstić information content (AvgIpc) is 2.51. The summed E-state index contributed by atoms with van der Waals surface area (Å²) in [6, 6.07) is 10.6. The van der Waals surface area contributed by atoms with Crippen LogP contribution in [0.1, 0.15) is 38.3 Å². The van der Waals surface area contributed by atoms with Gasteiger partial charge in [0.15, 0.2) is 0 Å². The molecular formula is C17H24N2O. The lowest BCUT2D eigenvalue weighted by molar-refractivity contribution is 0.0654. The molecule has 0 saturated heterocycles. The predicted octanol–water partition coefficient (Wildman–Crippen LogP) is 3.70. The molecule has 108 valence electrons. The fourth-order valence-electron chi connectivity index (χ4n) is 2.66. The van der Waals surface area contributed by atoms with Crippen molar-refractivity contribution in [1.29, 1.82) is 0 Å². The predicted molar refractivity (Wildman–Crippen MR) is 83.9 cm³/mol. The van der Waals surface area contributed by atoms with Crippen LogP contribution in [0.15, 0.2) is 36.5 Å². The molecule has 2 aromatic rings. The Labute approximate surface area is 121 Å². The fraction of sp³-hybridized carbons (Fsp3) is 0.471. The second-order valence-electron chi connectivity index (χ2n) is 5.04. The average molecular weight is 272 g/mol. The van der Waals surface area contributed by atoms with E-state index in [9.17, 15) is 0 Å². The highest BCUT2D eigenvalue weighted by Gasteiger charge is 2.23. The van der Waals surface area contributed by atoms with Gasteiger partial charge in [0.25, 0.3) is 0 Å². The quantitative estimate of drug-likeness (QED) is 0.834. The topological polar surface area (TPSA) is 34.2 Å². The first-order valence-corrected chi connectivity index (χ1v) is 7.41. The van der Waals surface area contributed by atoms with Gasteiger partial charge in [-0.2, -0.15) is 0 Å². The summed E-state index contributed by atoms with van der Waals surface area (Å²) in [6.45, 7) is 5.32. The third-order valence-corrected chi connectivity index (χ3v) is 3.69. The molecule has 0 aliphatic carbocycles. The van der Waals surface area contributed by atoms with Crippen molar-refractivity contribution in [2.45, 2.75) is 38.8 Å². The molecule has 0 bridgehead atoms. The zero-order chi connectivity index (χ0) is 14.4. The molecule has 1 aromatic heterocycles. The number of pyridine rings is 1. The third kappa shape index (κ3) is 3.17. The Bertz CT molecular complexity index is 532. The number of rotatable bonds is 7. The Kier molecular flexibility index (Phi) is 5.50. The molecule has 0 radical (unpaired) electrons. The standard InChI is InChI=1S/C17H24N2O/c1-4-11-18-17(15(5-2)20-3)14-10-6-8-13-9-7-12-19-16(13)14/h6-10,12,15,17-18H,4-5,11H2,1-3H3. The second kappa shape index (κ2) is 7.36. The van der Waals surface area contributed by atoms with Gasteiger partial charge in [-0.25, -0.2) is 0 Å². The smallest absolute Gasteiger partial charge is 0.0764 e. The van der Waals surface area contributed by atoms with Crippen LogP contribution >= 0.6 is 0 Å². The van der Waals surface area contributed by atoms with Gasteiger partial charge in [-0.15, -0.1) is 0 Å². The van der Waals surface area contributed by atoms with Crippen molar-refractivity contribution in [1.82, 2.24) is 10.3 Å². The van der Waals surface area contributed by atoms with Gasteiger partial charge in [-0.1, -0.05) is 38.1 Å². The molecule has 0 spiro atoms. The highest BCUT2D eigenvalue weighted by molar-refractivity contribution is 5.82. The largest absolute Gasteiger partial charge is 0.379 e. The summed E-state index contributed by atoms with van der Waals surface area (Å²) in [4.78, 5) is 4.57. The van der Waals surface area contributed by atoms with Crippen LogP contribution in [-0.4, -0.2) is 24.7 Å². The van der Waals surface area contributed by atoms with E-state index in [1.54, 1.807) is 7.11 Å². The van der Waals surface area contributed by atoms with Gasteiger partial charge < -0.3 is 10.1 Å². The van der Waals surface area contributed by atoms with E-state index in [2.05, 4.69) is 48.4 Å². The number of ether oxygens (including phenoxy) is 1. The molecular weight excluding hydrogens is 248 g/mol. The van der Waals surface area contributed by atoms with E-state index in [1.807, 2.05) is 12.3 Å². The number of aromatic nitrogens is 1. The lowest BCUT2D eigenvalue weighted by Gasteiger charge is -2.27. The molecule has 0 fully saturated rings. The molecule has 3 nitrogen and oxygen atoms in total. The lowest BCUT2D eigenvalue weighted by Crippen LogP contribution is -2.33. The number of fused-ring (bicyclic) bond motifs is 1. The van der Waals surface area contributed by atoms with Crippen LogP contribution in [0.2, 0.25) is 0 Å². The van der Waals surface area contributed by atoms with E-state index >= 15 is 0 Å². The van der Waals surface area contributed by atoms with E-state index in [1.165, 1.54) is 10.9 Å². The van der Waals surface area contributed by atoms with Crippen LogP contribution < -0.4 is 5.32 Å². The molecule has 2 rings (SSSR count). The van der Waals surface area contributed by atoms with Gasteiger partial charge >= 0.3 is 0 Å². The van der Waals surface area contributed by atoms with Crippen molar-refractivity contribution in [2.75, 3.05) is 13.7 Å². The number of benzene rings is 1. The highest BCUT2D eigenvalue weighted by atomic mass is 16.5. The molecule has 0 aliphatic heterocycles. The third-order valence-electron chi connectivity index (χ3n) is 3.69. The summed E-state index contributed by atoms with van der Waals surface area (Å²) in [5.41, 5.74) is 2.30. The van der Waals surface area contributed by atoms with Crippen molar-refractivity contribution in [2.24, 2.45) is 0 Å². The normalized spacial score (nSPS) is 14.3. The first-order valence-electron chi connectivity index (χ1n) is 7.41. The van der Waals surface area contributed by atoms with Crippen LogP contribution in [-0.2, 0) is 4.74 Å². The van der Waals surface area contributed by atoms with Gasteiger partial charge in [0.1, 0.15) is 0 Å². The highest BCUT2D eigenvalue weighted by Crippen LogP contribution is 2.27. The maximum Gasteiger partial charge on any atom is 0.0764 e. The zero-order valence-corrected chi connectivity index (χ0v) is 12.6. The summed E-state index contributed by atoms with van der Waals surface area (Å²) in [5.74, 6) is 0. The van der Waals surface area contributed by atoms with E-state index in [0.717, 1.165) is 24.9 Å². The molecule has 1 N–H and O–H groups in total. The number of hydrogen-bond donors (Lipinski definition) is 1. The van der Waals surface area contributed by atoms with Crippen molar-refractivity contribution >= 4 is 10.9 Å². The maximum absolute atomic E-state index is 5.67. The Balaban J connectivity index is 2.44. The number of methoxy groups -OCH3 is 1. The Hall–Kier alpha value is -1.45. The molecule has 0 saturated carbocycles. The summed E-state index contributed by atoms with van der Waals surface area (Å²) in [6.07, 6.45) is 4.10. The van der Waals surface area contributed by atoms with Gasteiger partial charge in [0.2, 0.25) is 0 Å². The van der Waals surface area contributed by atoms with E-state index < -0.39 is 0 Å². The Morgan fingerprint density at radius 2 is 2.00 bits per heavy atom. The van der Waals surface area contributed by atoms with Crippen LogP contribution in [0.5, 0.6) is 0 Å². The van der Waals surface area contributed by atoms with E-state index in [4.69, 9.17) is 4.74 Å². The minimum atomic E-state index is 0.161. The van der Waals surface area contributed by atoms with E-state index in [-0.39, 0.29) is 12.1 Å². The monoisotopic (exact) mass is 272 g/mol. The van der Waals surface area contributed by atoms with Crippen molar-refractivity contribution < 1.29 is 4.74 Å². The molecule has 1 aromatic carbocycles. The summed E-state index contributed by atoms with van der Waals surface area (Å²) in [5, 5.41) is 4.79. The number of para-hydroxylation sites is 1. The van der Waals surface area contributed by atoms with Gasteiger partial charge in [0.05, 0.1) is 17.7 Å². The van der Waals surface area contributed by atoms with Gasteiger partial charge in [0, 0.05) is 18.7 Å². The SMILES string of the molecule is CCCNC(c1cccc2cccnc12)C(CC)OC. The fourth-order valence-corrected chi connectivity index (χ4v) is 2.66. The van der Waals surface area contributed by atoms with Crippen LogP contribution in [0.3, 0.4) is 0 Å². The summed E-state index contributed by atoms with van der Waals surface area (Å²) >= 11 is 0. The summed E-state index contributed by atoms with van der Waals surface area (Å²) < 4.78 is 5.67. The summed E-state index contributed by atoms with van der Waals surface area (Å²) in [7, 11) is 1.79. The molecule has 20 heavy (non-hydrogen) atoms. The minimum Gasteiger partial charge on any atom is -0.379 e. The van der Waals surface area contributed by atoms with Crippen LogP contribution in [0, 0.1) is 0 Å². The lowest BCUT2D eigenvalue weighted by atomic mass is 9.96. The zero-order valence-electron chi connectivity index (χ0n) is 12.6. The number of nitrogens with one attached hydrogen (secondary N) is 1. The molecule has 0 aliphatic rings. The van der Waals surface area contributed by atoms with Crippen molar-refractivity contribution in [3.63, 3.8) is 0 Å². The Morgan fingerprint density at radius 1 is 1.20 bits per heavy atom. The molecule has 0 amide bonds. The molecule has 2 atom stereocenters. The molecule has 2 unspecified atom stereocenters. The number of hydrogen-bond acceptors (Lipinski definition) is 3.